The number of nitrogens with one attached hydrogen (secondary N) is 1. The first-order valence-electron chi connectivity index (χ1n) is 8.91. The van der Waals surface area contributed by atoms with Crippen molar-refractivity contribution in [3.05, 3.63) is 53.9 Å². The van der Waals surface area contributed by atoms with Crippen LogP contribution in [0.4, 0.5) is 4.39 Å². The minimum atomic E-state index is -0.208. The van der Waals surface area contributed by atoms with Gasteiger partial charge in [0.25, 0.3) is 0 Å². The Labute approximate surface area is 148 Å². The standard InChI is InChI=1S/C19H27FN4O/c1-15(16-3-5-17(20)6-4-16)24-14-22-13-19(24)18(7-12-25-2)23-10-8-21-9-11-23/h3-6,13-15,18,21H,7-12H2,1-2H3. The summed E-state index contributed by atoms with van der Waals surface area (Å²) in [5, 5.41) is 3.41. The Bertz CT molecular complexity index is 652. The third-order valence-corrected chi connectivity index (χ3v) is 4.99. The van der Waals surface area contributed by atoms with Crippen LogP contribution in [-0.2, 0) is 4.74 Å². The van der Waals surface area contributed by atoms with E-state index < -0.39 is 0 Å². The predicted molar refractivity (Wildman–Crippen MR) is 96.1 cm³/mol. The van der Waals surface area contributed by atoms with Crippen LogP contribution in [0.1, 0.15) is 36.7 Å². The largest absolute Gasteiger partial charge is 0.385 e. The molecular weight excluding hydrogens is 319 g/mol. The zero-order valence-electron chi connectivity index (χ0n) is 15.0. The molecule has 1 aliphatic rings. The summed E-state index contributed by atoms with van der Waals surface area (Å²) in [4.78, 5) is 6.92. The summed E-state index contributed by atoms with van der Waals surface area (Å²) in [7, 11) is 1.74. The molecule has 2 aromatic rings. The van der Waals surface area contributed by atoms with E-state index in [9.17, 15) is 4.39 Å². The van der Waals surface area contributed by atoms with Crippen molar-refractivity contribution in [3.8, 4) is 0 Å². The summed E-state index contributed by atoms with van der Waals surface area (Å²) in [6, 6.07) is 7.10. The van der Waals surface area contributed by atoms with Crippen LogP contribution in [0.2, 0.25) is 0 Å². The first-order chi connectivity index (χ1) is 12.2. The van der Waals surface area contributed by atoms with Gasteiger partial charge in [-0.1, -0.05) is 12.1 Å². The number of halogens is 1. The molecule has 1 saturated heterocycles. The molecule has 5 nitrogen and oxygen atoms in total. The minimum absolute atomic E-state index is 0.103. The number of ether oxygens (including phenoxy) is 1. The van der Waals surface area contributed by atoms with Crippen LogP contribution in [0, 0.1) is 5.82 Å². The second kappa shape index (κ2) is 8.56. The monoisotopic (exact) mass is 346 g/mol. The molecule has 136 valence electrons. The van der Waals surface area contributed by atoms with Crippen molar-refractivity contribution in [2.75, 3.05) is 39.9 Å². The van der Waals surface area contributed by atoms with E-state index in [1.54, 1.807) is 7.11 Å². The molecular formula is C19H27FN4O. The lowest BCUT2D eigenvalue weighted by atomic mass is 10.0. The van der Waals surface area contributed by atoms with Gasteiger partial charge in [0, 0.05) is 46.1 Å². The highest BCUT2D eigenvalue weighted by Gasteiger charge is 2.26. The number of hydrogen-bond donors (Lipinski definition) is 1. The number of methoxy groups -OCH3 is 1. The van der Waals surface area contributed by atoms with E-state index in [0.717, 1.165) is 38.2 Å². The second-order valence-electron chi connectivity index (χ2n) is 6.54. The molecule has 0 radical (unpaired) electrons. The van der Waals surface area contributed by atoms with E-state index in [4.69, 9.17) is 4.74 Å². The molecule has 1 fully saturated rings. The van der Waals surface area contributed by atoms with Crippen LogP contribution in [0.3, 0.4) is 0 Å². The van der Waals surface area contributed by atoms with E-state index >= 15 is 0 Å². The van der Waals surface area contributed by atoms with E-state index in [1.165, 1.54) is 17.8 Å². The van der Waals surface area contributed by atoms with Crippen molar-refractivity contribution >= 4 is 0 Å². The Morgan fingerprint density at radius 1 is 1.24 bits per heavy atom. The number of rotatable bonds is 7. The van der Waals surface area contributed by atoms with Crippen LogP contribution >= 0.6 is 0 Å². The molecule has 0 aliphatic carbocycles. The van der Waals surface area contributed by atoms with E-state index in [1.807, 2.05) is 24.7 Å². The molecule has 2 atom stereocenters. The van der Waals surface area contributed by atoms with Gasteiger partial charge in [0.15, 0.2) is 0 Å². The maximum Gasteiger partial charge on any atom is 0.123 e. The van der Waals surface area contributed by atoms with Gasteiger partial charge in [0.1, 0.15) is 5.82 Å². The fourth-order valence-corrected chi connectivity index (χ4v) is 3.54. The summed E-state index contributed by atoms with van der Waals surface area (Å²) in [6.45, 7) is 6.89. The molecule has 0 saturated carbocycles. The summed E-state index contributed by atoms with van der Waals surface area (Å²) in [5.74, 6) is -0.208. The lowest BCUT2D eigenvalue weighted by Gasteiger charge is -2.36. The van der Waals surface area contributed by atoms with Crippen LogP contribution in [0.25, 0.3) is 0 Å². The van der Waals surface area contributed by atoms with Crippen LogP contribution < -0.4 is 5.32 Å². The van der Waals surface area contributed by atoms with Gasteiger partial charge < -0.3 is 14.6 Å². The Hall–Kier alpha value is -1.76. The SMILES string of the molecule is COCCC(c1cncn1C(C)c1ccc(F)cc1)N1CCNCC1. The van der Waals surface area contributed by atoms with Gasteiger partial charge in [0.05, 0.1) is 24.1 Å². The zero-order chi connectivity index (χ0) is 17.6. The van der Waals surface area contributed by atoms with Crippen LogP contribution in [-0.4, -0.2) is 54.3 Å². The smallest absolute Gasteiger partial charge is 0.123 e. The van der Waals surface area contributed by atoms with Crippen molar-refractivity contribution in [3.63, 3.8) is 0 Å². The number of piperazine rings is 1. The minimum Gasteiger partial charge on any atom is -0.385 e. The molecule has 0 bridgehead atoms. The first-order valence-corrected chi connectivity index (χ1v) is 8.91. The maximum atomic E-state index is 13.2. The van der Waals surface area contributed by atoms with Gasteiger partial charge in [0.2, 0.25) is 0 Å². The number of imidazole rings is 1. The Balaban J connectivity index is 1.86. The molecule has 3 rings (SSSR count). The van der Waals surface area contributed by atoms with Crippen molar-refractivity contribution in [1.82, 2.24) is 19.8 Å². The van der Waals surface area contributed by atoms with Gasteiger partial charge in [-0.2, -0.15) is 0 Å². The Kier molecular flexibility index (Phi) is 6.18. The van der Waals surface area contributed by atoms with Crippen LogP contribution in [0.5, 0.6) is 0 Å². The summed E-state index contributed by atoms with van der Waals surface area (Å²) in [6.07, 6.45) is 4.77. The molecule has 1 aromatic carbocycles. The average molecular weight is 346 g/mol. The fourth-order valence-electron chi connectivity index (χ4n) is 3.54. The first kappa shape index (κ1) is 18.0. The zero-order valence-corrected chi connectivity index (χ0v) is 15.0. The molecule has 0 spiro atoms. The van der Waals surface area contributed by atoms with Crippen LogP contribution in [0.15, 0.2) is 36.8 Å². The average Bonchev–Trinajstić information content (AvgIpc) is 3.12. The van der Waals surface area contributed by atoms with Gasteiger partial charge in [-0.05, 0) is 31.0 Å². The number of hydrogen-bond acceptors (Lipinski definition) is 4. The molecule has 1 aromatic heterocycles. The third kappa shape index (κ3) is 4.26. The molecule has 2 unspecified atom stereocenters. The Morgan fingerprint density at radius 3 is 2.64 bits per heavy atom. The number of aromatic nitrogens is 2. The Morgan fingerprint density at radius 2 is 1.96 bits per heavy atom. The van der Waals surface area contributed by atoms with Crippen molar-refractivity contribution < 1.29 is 9.13 Å². The molecule has 0 amide bonds. The normalized spacial score (nSPS) is 18.2. The van der Waals surface area contributed by atoms with Crippen molar-refractivity contribution in [2.24, 2.45) is 0 Å². The number of benzene rings is 1. The molecule has 1 N–H and O–H groups in total. The topological polar surface area (TPSA) is 42.3 Å². The lowest BCUT2D eigenvalue weighted by Crippen LogP contribution is -2.45. The summed E-state index contributed by atoms with van der Waals surface area (Å²) < 4.78 is 20.8. The molecule has 6 heteroatoms. The molecule has 25 heavy (non-hydrogen) atoms. The quantitative estimate of drug-likeness (QED) is 0.837. The van der Waals surface area contributed by atoms with Gasteiger partial charge in [-0.15, -0.1) is 0 Å². The highest BCUT2D eigenvalue weighted by Crippen LogP contribution is 2.29. The van der Waals surface area contributed by atoms with Crippen molar-refractivity contribution in [2.45, 2.75) is 25.4 Å². The third-order valence-electron chi connectivity index (χ3n) is 4.99. The predicted octanol–water partition coefficient (Wildman–Crippen LogP) is 2.61. The summed E-state index contributed by atoms with van der Waals surface area (Å²) >= 11 is 0. The van der Waals surface area contributed by atoms with Gasteiger partial charge in [-0.3, -0.25) is 4.90 Å². The lowest BCUT2D eigenvalue weighted by molar-refractivity contribution is 0.115. The van der Waals surface area contributed by atoms with E-state index in [0.29, 0.717) is 6.61 Å². The van der Waals surface area contributed by atoms with Gasteiger partial charge >= 0.3 is 0 Å². The highest BCUT2D eigenvalue weighted by molar-refractivity contribution is 5.22. The van der Waals surface area contributed by atoms with E-state index in [-0.39, 0.29) is 17.9 Å². The maximum absolute atomic E-state index is 13.2. The fraction of sp³-hybridized carbons (Fsp3) is 0.526. The highest BCUT2D eigenvalue weighted by atomic mass is 19.1. The second-order valence-corrected chi connectivity index (χ2v) is 6.54. The van der Waals surface area contributed by atoms with Crippen molar-refractivity contribution in [1.29, 1.82) is 0 Å². The number of nitrogens with zero attached hydrogens (tertiary/aromatic N) is 3. The van der Waals surface area contributed by atoms with E-state index in [2.05, 4.69) is 26.7 Å². The summed E-state index contributed by atoms with van der Waals surface area (Å²) in [5.41, 5.74) is 2.27. The molecule has 2 heterocycles. The van der Waals surface area contributed by atoms with Gasteiger partial charge in [-0.25, -0.2) is 9.37 Å². The molecule has 1 aliphatic heterocycles.